The van der Waals surface area contributed by atoms with E-state index in [9.17, 15) is 9.59 Å². The molecule has 0 saturated carbocycles. The van der Waals surface area contributed by atoms with Crippen LogP contribution in [0.25, 0.3) is 0 Å². The molecule has 1 fully saturated rings. The smallest absolute Gasteiger partial charge is 0.225 e. The van der Waals surface area contributed by atoms with Gasteiger partial charge in [-0.2, -0.15) is 0 Å². The van der Waals surface area contributed by atoms with Crippen LogP contribution in [0.5, 0.6) is 0 Å². The van der Waals surface area contributed by atoms with Gasteiger partial charge in [0.05, 0.1) is 5.92 Å². The van der Waals surface area contributed by atoms with Gasteiger partial charge in [0.15, 0.2) is 0 Å². The first-order valence-corrected chi connectivity index (χ1v) is 7.12. The van der Waals surface area contributed by atoms with Crippen LogP contribution in [0.15, 0.2) is 24.3 Å². The summed E-state index contributed by atoms with van der Waals surface area (Å²) in [6.07, 6.45) is 0.816. The van der Waals surface area contributed by atoms with E-state index in [1.54, 1.807) is 6.92 Å². The van der Waals surface area contributed by atoms with Crippen LogP contribution in [0.4, 0.5) is 0 Å². The molecule has 0 unspecified atom stereocenters. The molecule has 1 aliphatic heterocycles. The largest absolute Gasteiger partial charge is 0.355 e. The van der Waals surface area contributed by atoms with Gasteiger partial charge < -0.3 is 10.6 Å². The number of carbonyl (C=O) groups is 2. The average Bonchev–Trinajstić information content (AvgIpc) is 2.90. The van der Waals surface area contributed by atoms with Crippen molar-refractivity contribution in [2.24, 2.45) is 11.8 Å². The minimum absolute atomic E-state index is 0.0117. The van der Waals surface area contributed by atoms with Gasteiger partial charge in [-0.25, -0.2) is 0 Å². The standard InChI is InChI=1S/C16H22N2O2/c1-11-3-5-13(6-4-11)7-8-18-16(20)15-10-17-9-14(15)12(2)19/h3-6,14-15,17H,7-10H2,1-2H3,(H,18,20)/t14-,15+/m0/s1. The number of hydrogen-bond acceptors (Lipinski definition) is 3. The van der Waals surface area contributed by atoms with Crippen molar-refractivity contribution in [3.63, 3.8) is 0 Å². The molecule has 2 N–H and O–H groups in total. The second kappa shape index (κ2) is 6.66. The lowest BCUT2D eigenvalue weighted by Gasteiger charge is -2.15. The molecule has 108 valence electrons. The van der Waals surface area contributed by atoms with E-state index < -0.39 is 0 Å². The molecule has 0 radical (unpaired) electrons. The van der Waals surface area contributed by atoms with Crippen LogP contribution in [-0.2, 0) is 16.0 Å². The van der Waals surface area contributed by atoms with Gasteiger partial charge in [-0.3, -0.25) is 9.59 Å². The molecule has 2 atom stereocenters. The molecule has 1 aromatic rings. The van der Waals surface area contributed by atoms with Crippen LogP contribution < -0.4 is 10.6 Å². The normalized spacial score (nSPS) is 21.7. The maximum atomic E-state index is 12.1. The maximum absolute atomic E-state index is 12.1. The summed E-state index contributed by atoms with van der Waals surface area (Å²) in [5.74, 6) is -0.309. The van der Waals surface area contributed by atoms with Crippen LogP contribution >= 0.6 is 0 Å². The van der Waals surface area contributed by atoms with E-state index >= 15 is 0 Å². The quantitative estimate of drug-likeness (QED) is 0.844. The lowest BCUT2D eigenvalue weighted by atomic mass is 9.92. The molecule has 4 nitrogen and oxygen atoms in total. The fourth-order valence-electron chi connectivity index (χ4n) is 2.60. The van der Waals surface area contributed by atoms with Crippen molar-refractivity contribution in [3.8, 4) is 0 Å². The van der Waals surface area contributed by atoms with Gasteiger partial charge >= 0.3 is 0 Å². The van der Waals surface area contributed by atoms with Crippen molar-refractivity contribution in [2.45, 2.75) is 20.3 Å². The number of amides is 1. The Morgan fingerprint density at radius 3 is 2.50 bits per heavy atom. The van der Waals surface area contributed by atoms with Crippen molar-refractivity contribution in [1.29, 1.82) is 0 Å². The van der Waals surface area contributed by atoms with Crippen molar-refractivity contribution in [3.05, 3.63) is 35.4 Å². The summed E-state index contributed by atoms with van der Waals surface area (Å²) in [7, 11) is 0. The fraction of sp³-hybridized carbons (Fsp3) is 0.500. The van der Waals surface area contributed by atoms with Crippen LogP contribution in [0, 0.1) is 18.8 Å². The van der Waals surface area contributed by atoms with E-state index in [-0.39, 0.29) is 23.5 Å². The lowest BCUT2D eigenvalue weighted by molar-refractivity contribution is -0.130. The predicted octanol–water partition coefficient (Wildman–Crippen LogP) is 1.08. The van der Waals surface area contributed by atoms with Crippen LogP contribution in [0.3, 0.4) is 0 Å². The molecule has 0 bridgehead atoms. The van der Waals surface area contributed by atoms with Crippen molar-refractivity contribution in [1.82, 2.24) is 10.6 Å². The van der Waals surface area contributed by atoms with E-state index in [1.165, 1.54) is 11.1 Å². The summed E-state index contributed by atoms with van der Waals surface area (Å²) < 4.78 is 0. The Morgan fingerprint density at radius 2 is 1.85 bits per heavy atom. The third kappa shape index (κ3) is 3.67. The Morgan fingerprint density at radius 1 is 1.20 bits per heavy atom. The number of hydrogen-bond donors (Lipinski definition) is 2. The Hall–Kier alpha value is -1.68. The first-order valence-electron chi connectivity index (χ1n) is 7.12. The Balaban J connectivity index is 1.80. The van der Waals surface area contributed by atoms with Crippen LogP contribution in [0.1, 0.15) is 18.1 Å². The molecule has 2 rings (SSSR count). The Bertz CT molecular complexity index is 482. The van der Waals surface area contributed by atoms with Crippen molar-refractivity contribution in [2.75, 3.05) is 19.6 Å². The van der Waals surface area contributed by atoms with E-state index in [0.29, 0.717) is 19.6 Å². The second-order valence-electron chi connectivity index (χ2n) is 5.51. The van der Waals surface area contributed by atoms with Crippen LogP contribution in [-0.4, -0.2) is 31.3 Å². The summed E-state index contributed by atoms with van der Waals surface area (Å²) in [6.45, 7) is 5.44. The minimum Gasteiger partial charge on any atom is -0.355 e. The van der Waals surface area contributed by atoms with Gasteiger partial charge in [0.25, 0.3) is 0 Å². The fourth-order valence-corrected chi connectivity index (χ4v) is 2.60. The van der Waals surface area contributed by atoms with Gasteiger partial charge in [0.1, 0.15) is 5.78 Å². The van der Waals surface area contributed by atoms with Gasteiger partial charge in [0, 0.05) is 25.6 Å². The topological polar surface area (TPSA) is 58.2 Å². The molecule has 1 amide bonds. The van der Waals surface area contributed by atoms with Crippen LogP contribution in [0.2, 0.25) is 0 Å². The van der Waals surface area contributed by atoms with Gasteiger partial charge in [-0.05, 0) is 25.8 Å². The highest BCUT2D eigenvalue weighted by molar-refractivity contribution is 5.88. The minimum atomic E-state index is -0.217. The maximum Gasteiger partial charge on any atom is 0.225 e. The number of Topliss-reactive ketones (excluding diaryl/α,β-unsaturated/α-hetero) is 1. The molecule has 1 heterocycles. The zero-order valence-electron chi connectivity index (χ0n) is 12.1. The first kappa shape index (κ1) is 14.7. The summed E-state index contributed by atoms with van der Waals surface area (Å²) >= 11 is 0. The lowest BCUT2D eigenvalue weighted by Crippen LogP contribution is -2.37. The van der Waals surface area contributed by atoms with Gasteiger partial charge in [0.2, 0.25) is 5.91 Å². The number of benzene rings is 1. The Labute approximate surface area is 119 Å². The molecular formula is C16H22N2O2. The third-order valence-electron chi connectivity index (χ3n) is 3.91. The number of nitrogens with one attached hydrogen (secondary N) is 2. The zero-order valence-corrected chi connectivity index (χ0v) is 12.1. The summed E-state index contributed by atoms with van der Waals surface area (Å²) in [5.41, 5.74) is 2.45. The van der Waals surface area contributed by atoms with Gasteiger partial charge in [-0.15, -0.1) is 0 Å². The molecule has 1 aliphatic rings. The highest BCUT2D eigenvalue weighted by Crippen LogP contribution is 2.17. The molecule has 4 heteroatoms. The molecule has 20 heavy (non-hydrogen) atoms. The van der Waals surface area contributed by atoms with E-state index in [4.69, 9.17) is 0 Å². The van der Waals surface area contributed by atoms with Gasteiger partial charge in [-0.1, -0.05) is 29.8 Å². The second-order valence-corrected chi connectivity index (χ2v) is 5.51. The van der Waals surface area contributed by atoms with E-state index in [2.05, 4.69) is 41.8 Å². The predicted molar refractivity (Wildman–Crippen MR) is 78.4 cm³/mol. The first-order chi connectivity index (χ1) is 9.58. The van der Waals surface area contributed by atoms with Crippen molar-refractivity contribution < 1.29 is 9.59 Å². The van der Waals surface area contributed by atoms with E-state index in [0.717, 1.165) is 6.42 Å². The molecule has 1 saturated heterocycles. The molecular weight excluding hydrogens is 252 g/mol. The molecule has 0 spiro atoms. The highest BCUT2D eigenvalue weighted by Gasteiger charge is 2.35. The summed E-state index contributed by atoms with van der Waals surface area (Å²) in [5, 5.41) is 6.06. The molecule has 0 aromatic heterocycles. The summed E-state index contributed by atoms with van der Waals surface area (Å²) in [6, 6.07) is 8.31. The number of aryl methyl sites for hydroxylation is 1. The monoisotopic (exact) mass is 274 g/mol. The summed E-state index contributed by atoms with van der Waals surface area (Å²) in [4.78, 5) is 23.6. The Kier molecular flexibility index (Phi) is 4.90. The number of rotatable bonds is 5. The molecule has 1 aromatic carbocycles. The zero-order chi connectivity index (χ0) is 14.5. The van der Waals surface area contributed by atoms with E-state index in [1.807, 2.05) is 0 Å². The number of carbonyl (C=O) groups excluding carboxylic acids is 2. The molecule has 0 aliphatic carbocycles. The van der Waals surface area contributed by atoms with Crippen molar-refractivity contribution >= 4 is 11.7 Å². The third-order valence-corrected chi connectivity index (χ3v) is 3.91. The number of ketones is 1. The SMILES string of the molecule is CC(=O)[C@@H]1CNC[C@H]1C(=O)NCCc1ccc(C)cc1. The average molecular weight is 274 g/mol. The highest BCUT2D eigenvalue weighted by atomic mass is 16.2.